The number of aromatic nitrogens is 3. The van der Waals surface area contributed by atoms with Gasteiger partial charge in [-0.05, 0) is 26.2 Å². The Morgan fingerprint density at radius 3 is 3.17 bits per heavy atom. The zero-order valence-corrected chi connectivity index (χ0v) is 13.1. The van der Waals surface area contributed by atoms with E-state index in [4.69, 9.17) is 9.26 Å². The zero-order valence-electron chi connectivity index (χ0n) is 13.1. The number of carbonyl (C=O) groups is 1. The summed E-state index contributed by atoms with van der Waals surface area (Å²) in [5.41, 5.74) is 3.58. The number of nitrogens with one attached hydrogen (secondary N) is 2. The normalized spacial score (nSPS) is 23.2. The second kappa shape index (κ2) is 5.81. The van der Waals surface area contributed by atoms with Crippen LogP contribution in [-0.4, -0.2) is 40.5 Å². The smallest absolute Gasteiger partial charge is 0.272 e. The van der Waals surface area contributed by atoms with Gasteiger partial charge in [-0.25, -0.2) is 0 Å². The van der Waals surface area contributed by atoms with Gasteiger partial charge in [-0.2, -0.15) is 5.10 Å². The number of nitrogens with zero attached hydrogens (tertiary/aromatic N) is 2. The number of hydrogen-bond acceptors (Lipinski definition) is 5. The molecule has 2 aliphatic rings. The Balaban J connectivity index is 1.43. The van der Waals surface area contributed by atoms with E-state index < -0.39 is 0 Å². The Labute approximate surface area is 133 Å². The van der Waals surface area contributed by atoms with Crippen LogP contribution in [0, 0.1) is 12.8 Å². The Hall–Kier alpha value is -2.15. The van der Waals surface area contributed by atoms with E-state index in [0.717, 1.165) is 42.0 Å². The molecule has 7 nitrogen and oxygen atoms in total. The molecular formula is C16H20N4O3. The summed E-state index contributed by atoms with van der Waals surface area (Å²) in [6.07, 6.45) is 3.71. The highest BCUT2D eigenvalue weighted by atomic mass is 16.5. The first-order valence-electron chi connectivity index (χ1n) is 8.07. The van der Waals surface area contributed by atoms with Crippen molar-refractivity contribution < 1.29 is 14.1 Å². The number of aryl methyl sites for hydroxylation is 2. The Bertz CT molecular complexity index is 721. The molecule has 4 rings (SSSR count). The van der Waals surface area contributed by atoms with E-state index in [2.05, 4.69) is 20.7 Å². The van der Waals surface area contributed by atoms with Gasteiger partial charge in [0.15, 0.2) is 5.69 Å². The third kappa shape index (κ3) is 2.76. The summed E-state index contributed by atoms with van der Waals surface area (Å²) in [6.45, 7) is 3.04. The van der Waals surface area contributed by atoms with E-state index in [9.17, 15) is 4.79 Å². The molecule has 3 heterocycles. The van der Waals surface area contributed by atoms with Crippen molar-refractivity contribution in [1.29, 1.82) is 0 Å². The summed E-state index contributed by atoms with van der Waals surface area (Å²) in [7, 11) is 0. The second-order valence-electron chi connectivity index (χ2n) is 6.40. The number of amides is 1. The van der Waals surface area contributed by atoms with Gasteiger partial charge in [0.05, 0.1) is 24.9 Å². The lowest BCUT2D eigenvalue weighted by Gasteiger charge is -2.17. The fraction of sp³-hybridized carbons (Fsp3) is 0.562. The van der Waals surface area contributed by atoms with E-state index in [0.29, 0.717) is 25.3 Å². The molecule has 1 amide bonds. The van der Waals surface area contributed by atoms with Crippen LogP contribution in [0.5, 0.6) is 0 Å². The third-order valence-corrected chi connectivity index (χ3v) is 4.68. The van der Waals surface area contributed by atoms with Gasteiger partial charge < -0.3 is 14.6 Å². The molecule has 1 aliphatic heterocycles. The molecule has 2 aromatic rings. The SMILES string of the molecule is Cc1cc(C[C@@H]2COC[C@@H]2NC(=O)c2n[nH]c3c2CCC3)on1. The molecule has 0 spiro atoms. The second-order valence-corrected chi connectivity index (χ2v) is 6.40. The van der Waals surface area contributed by atoms with E-state index in [-0.39, 0.29) is 17.9 Å². The first-order chi connectivity index (χ1) is 11.2. The van der Waals surface area contributed by atoms with Crippen molar-refractivity contribution >= 4 is 5.91 Å². The highest BCUT2D eigenvalue weighted by Crippen LogP contribution is 2.24. The zero-order chi connectivity index (χ0) is 15.8. The number of aromatic amines is 1. The molecule has 1 aliphatic carbocycles. The van der Waals surface area contributed by atoms with E-state index in [1.165, 1.54) is 0 Å². The average molecular weight is 316 g/mol. The van der Waals surface area contributed by atoms with Crippen LogP contribution in [0.2, 0.25) is 0 Å². The lowest BCUT2D eigenvalue weighted by molar-refractivity contribution is 0.0918. The first kappa shape index (κ1) is 14.4. The minimum Gasteiger partial charge on any atom is -0.379 e. The lowest BCUT2D eigenvalue weighted by Crippen LogP contribution is -2.41. The van der Waals surface area contributed by atoms with Crippen LogP contribution in [0.1, 0.15) is 39.6 Å². The maximum Gasteiger partial charge on any atom is 0.272 e. The van der Waals surface area contributed by atoms with Gasteiger partial charge in [-0.15, -0.1) is 0 Å². The minimum atomic E-state index is -0.112. The number of carbonyl (C=O) groups excluding carboxylic acids is 1. The molecule has 0 bridgehead atoms. The Morgan fingerprint density at radius 2 is 2.35 bits per heavy atom. The molecule has 2 aromatic heterocycles. The minimum absolute atomic E-state index is 0.0262. The molecule has 0 aromatic carbocycles. The first-order valence-corrected chi connectivity index (χ1v) is 8.07. The van der Waals surface area contributed by atoms with E-state index in [1.807, 2.05) is 13.0 Å². The topological polar surface area (TPSA) is 93.0 Å². The van der Waals surface area contributed by atoms with Crippen LogP contribution >= 0.6 is 0 Å². The van der Waals surface area contributed by atoms with Crippen molar-refractivity contribution in [2.24, 2.45) is 5.92 Å². The van der Waals surface area contributed by atoms with Crippen LogP contribution in [0.15, 0.2) is 10.6 Å². The number of H-pyrrole nitrogens is 1. The van der Waals surface area contributed by atoms with Crippen molar-refractivity contribution in [1.82, 2.24) is 20.7 Å². The summed E-state index contributed by atoms with van der Waals surface area (Å²) < 4.78 is 10.8. The molecule has 0 unspecified atom stereocenters. The van der Waals surface area contributed by atoms with Gasteiger partial charge in [0.2, 0.25) is 0 Å². The van der Waals surface area contributed by atoms with Gasteiger partial charge in [-0.1, -0.05) is 5.16 Å². The molecule has 1 saturated heterocycles. The van der Waals surface area contributed by atoms with Crippen LogP contribution in [0.4, 0.5) is 0 Å². The van der Waals surface area contributed by atoms with Gasteiger partial charge in [0.25, 0.3) is 5.91 Å². The standard InChI is InChI=1S/C16H20N4O3/c1-9-5-11(23-20-9)6-10-7-22-8-14(10)17-16(21)15-12-3-2-4-13(12)18-19-15/h5,10,14H,2-4,6-8H2,1H3,(H,17,21)(H,18,19)/t10-,14+/m1/s1. The summed E-state index contributed by atoms with van der Waals surface area (Å²) in [4.78, 5) is 12.5. The fourth-order valence-corrected chi connectivity index (χ4v) is 3.47. The van der Waals surface area contributed by atoms with Gasteiger partial charge >= 0.3 is 0 Å². The van der Waals surface area contributed by atoms with Crippen LogP contribution in [-0.2, 0) is 24.0 Å². The molecule has 23 heavy (non-hydrogen) atoms. The summed E-state index contributed by atoms with van der Waals surface area (Å²) >= 11 is 0. The molecule has 122 valence electrons. The highest BCUT2D eigenvalue weighted by Gasteiger charge is 2.32. The fourth-order valence-electron chi connectivity index (χ4n) is 3.47. The maximum atomic E-state index is 12.5. The summed E-state index contributed by atoms with van der Waals surface area (Å²) in [5, 5.41) is 14.2. The molecule has 2 atom stereocenters. The maximum absolute atomic E-state index is 12.5. The van der Waals surface area contributed by atoms with Gasteiger partial charge in [0.1, 0.15) is 5.76 Å². The molecule has 7 heteroatoms. The molecule has 2 N–H and O–H groups in total. The summed E-state index contributed by atoms with van der Waals surface area (Å²) in [5.74, 6) is 0.912. The summed E-state index contributed by atoms with van der Waals surface area (Å²) in [6, 6.07) is 1.90. The monoisotopic (exact) mass is 316 g/mol. The third-order valence-electron chi connectivity index (χ3n) is 4.68. The van der Waals surface area contributed by atoms with Crippen molar-refractivity contribution in [2.75, 3.05) is 13.2 Å². The number of hydrogen-bond donors (Lipinski definition) is 2. The van der Waals surface area contributed by atoms with Crippen molar-refractivity contribution in [3.63, 3.8) is 0 Å². The van der Waals surface area contributed by atoms with Crippen molar-refractivity contribution in [3.05, 3.63) is 34.5 Å². The van der Waals surface area contributed by atoms with Crippen molar-refractivity contribution in [2.45, 2.75) is 38.6 Å². The van der Waals surface area contributed by atoms with E-state index in [1.54, 1.807) is 0 Å². The molecule has 1 fully saturated rings. The number of ether oxygens (including phenoxy) is 1. The Kier molecular flexibility index (Phi) is 3.65. The van der Waals surface area contributed by atoms with Gasteiger partial charge in [-0.3, -0.25) is 9.89 Å². The number of rotatable bonds is 4. The largest absolute Gasteiger partial charge is 0.379 e. The van der Waals surface area contributed by atoms with Crippen molar-refractivity contribution in [3.8, 4) is 0 Å². The highest BCUT2D eigenvalue weighted by molar-refractivity contribution is 5.94. The molecule has 0 radical (unpaired) electrons. The molecule has 0 saturated carbocycles. The number of fused-ring (bicyclic) bond motifs is 1. The predicted molar refractivity (Wildman–Crippen MR) is 81.1 cm³/mol. The predicted octanol–water partition coefficient (Wildman–Crippen LogP) is 1.18. The van der Waals surface area contributed by atoms with Crippen LogP contribution in [0.25, 0.3) is 0 Å². The quantitative estimate of drug-likeness (QED) is 0.883. The van der Waals surface area contributed by atoms with Gasteiger partial charge in [0, 0.05) is 29.7 Å². The van der Waals surface area contributed by atoms with Crippen LogP contribution < -0.4 is 5.32 Å². The lowest BCUT2D eigenvalue weighted by atomic mass is 9.98. The Morgan fingerprint density at radius 1 is 1.43 bits per heavy atom. The van der Waals surface area contributed by atoms with E-state index >= 15 is 0 Å². The molecular weight excluding hydrogens is 296 g/mol. The van der Waals surface area contributed by atoms with Crippen LogP contribution in [0.3, 0.4) is 0 Å². The average Bonchev–Trinajstić information content (AvgIpc) is 3.25.